The smallest absolute Gasteiger partial charge is 0.262 e. The largest absolute Gasteiger partial charge is 0.330 e. The van der Waals surface area contributed by atoms with E-state index in [0.29, 0.717) is 36.1 Å². The quantitative estimate of drug-likeness (QED) is 0.0416. The molecule has 61 heavy (non-hydrogen) atoms. The molecule has 2 aromatic carbocycles. The van der Waals surface area contributed by atoms with Crippen molar-refractivity contribution < 1.29 is 24.0 Å². The highest BCUT2D eigenvalue weighted by atomic mass is 16.2. The Hall–Kier alpha value is -3.69. The summed E-state index contributed by atoms with van der Waals surface area (Å²) < 4.78 is 0. The van der Waals surface area contributed by atoms with Crippen LogP contribution in [0.25, 0.3) is 0 Å². The molecule has 338 valence electrons. The van der Waals surface area contributed by atoms with Gasteiger partial charge in [-0.05, 0) is 89.2 Å². The fourth-order valence-corrected chi connectivity index (χ4v) is 9.89. The second-order valence-electron chi connectivity index (χ2n) is 18.1. The zero-order valence-electron chi connectivity index (χ0n) is 38.8. The second kappa shape index (κ2) is 25.4. The van der Waals surface area contributed by atoms with E-state index < -0.39 is 5.54 Å². The lowest BCUT2D eigenvalue weighted by atomic mass is 9.84. The van der Waals surface area contributed by atoms with Gasteiger partial charge in [-0.3, -0.25) is 33.8 Å². The molecule has 9 heteroatoms. The molecule has 3 N–H and O–H groups in total. The number of amides is 4. The van der Waals surface area contributed by atoms with Gasteiger partial charge in [0.15, 0.2) is 5.78 Å². The Kier molecular flexibility index (Phi) is 20.8. The van der Waals surface area contributed by atoms with Crippen LogP contribution in [0.5, 0.6) is 0 Å². The van der Waals surface area contributed by atoms with Gasteiger partial charge < -0.3 is 11.1 Å². The van der Waals surface area contributed by atoms with Crippen LogP contribution in [0.2, 0.25) is 0 Å². The number of benzene rings is 2. The maximum atomic E-state index is 14.0. The zero-order valence-corrected chi connectivity index (χ0v) is 38.8. The Morgan fingerprint density at radius 3 is 1.36 bits per heavy atom. The molecule has 4 amide bonds. The Bertz CT molecular complexity index is 1740. The van der Waals surface area contributed by atoms with E-state index in [-0.39, 0.29) is 51.7 Å². The van der Waals surface area contributed by atoms with Crippen molar-refractivity contribution in [3.63, 3.8) is 0 Å². The summed E-state index contributed by atoms with van der Waals surface area (Å²) in [5.41, 5.74) is 6.99. The normalized spacial score (nSPS) is 14.1. The number of nitrogens with zero attached hydrogens (tertiary/aromatic N) is 2. The van der Waals surface area contributed by atoms with E-state index in [0.717, 1.165) is 64.3 Å². The molecule has 0 spiro atoms. The first-order valence-electron chi connectivity index (χ1n) is 24.5. The minimum Gasteiger partial charge on any atom is -0.330 e. The molecule has 0 atom stereocenters. The number of hydrogen-bond acceptors (Lipinski definition) is 7. The SMILES string of the molecule is CCC(CC)(CCCCCCCCCCCCN1C(=O)c2ccc(C(=O)c3ccc4c(c3)C(=O)N(C(CC)(CC)CCCCCCCCCCCCN)C4=O)cc2C1=O)NC. The van der Waals surface area contributed by atoms with Gasteiger partial charge in [-0.1, -0.05) is 155 Å². The summed E-state index contributed by atoms with van der Waals surface area (Å²) in [5, 5.41) is 3.54. The van der Waals surface area contributed by atoms with Crippen molar-refractivity contribution in [3.05, 3.63) is 69.8 Å². The Balaban J connectivity index is 1.23. The van der Waals surface area contributed by atoms with Gasteiger partial charge in [0, 0.05) is 23.2 Å². The topological polar surface area (TPSA) is 130 Å². The van der Waals surface area contributed by atoms with Crippen molar-refractivity contribution in [1.82, 2.24) is 15.1 Å². The molecule has 2 heterocycles. The van der Waals surface area contributed by atoms with Gasteiger partial charge in [-0.15, -0.1) is 0 Å². The highest BCUT2D eigenvalue weighted by Crippen LogP contribution is 2.38. The van der Waals surface area contributed by atoms with Crippen LogP contribution in [0.1, 0.15) is 252 Å². The fourth-order valence-electron chi connectivity index (χ4n) is 9.89. The number of rotatable bonds is 33. The molecule has 0 radical (unpaired) electrons. The minimum atomic E-state index is -0.581. The van der Waals surface area contributed by atoms with Crippen molar-refractivity contribution in [3.8, 4) is 0 Å². The molecule has 0 saturated carbocycles. The van der Waals surface area contributed by atoms with E-state index in [1.54, 1.807) is 24.3 Å². The van der Waals surface area contributed by atoms with E-state index in [2.05, 4.69) is 26.2 Å². The van der Waals surface area contributed by atoms with E-state index in [1.807, 2.05) is 13.8 Å². The van der Waals surface area contributed by atoms with Crippen LogP contribution in [-0.2, 0) is 0 Å². The van der Waals surface area contributed by atoms with Crippen molar-refractivity contribution >= 4 is 29.4 Å². The molecule has 2 aromatic rings. The fraction of sp³-hybridized carbons (Fsp3) is 0.673. The predicted molar refractivity (Wildman–Crippen MR) is 248 cm³/mol. The van der Waals surface area contributed by atoms with E-state index >= 15 is 0 Å². The molecule has 0 aromatic heterocycles. The van der Waals surface area contributed by atoms with Crippen LogP contribution >= 0.6 is 0 Å². The Morgan fingerprint density at radius 2 is 0.902 bits per heavy atom. The van der Waals surface area contributed by atoms with E-state index in [4.69, 9.17) is 5.73 Å². The molecule has 0 bridgehead atoms. The average molecular weight is 841 g/mol. The van der Waals surface area contributed by atoms with Crippen LogP contribution in [0.3, 0.4) is 0 Å². The number of ketones is 1. The number of nitrogens with two attached hydrogens (primary N) is 1. The molecule has 0 aliphatic carbocycles. The molecule has 4 rings (SSSR count). The number of carbonyl (C=O) groups is 5. The summed E-state index contributed by atoms with van der Waals surface area (Å²) in [5.74, 6) is -1.69. The molecule has 2 aliphatic rings. The Morgan fingerprint density at radius 1 is 0.508 bits per heavy atom. The van der Waals surface area contributed by atoms with Crippen LogP contribution in [0.4, 0.5) is 0 Å². The molecular formula is C52H80N4O5. The van der Waals surface area contributed by atoms with Gasteiger partial charge >= 0.3 is 0 Å². The molecule has 0 fully saturated rings. The number of unbranched alkanes of at least 4 members (excludes halogenated alkanes) is 18. The molecular weight excluding hydrogens is 761 g/mol. The number of hydrogen-bond donors (Lipinski definition) is 2. The first-order valence-corrected chi connectivity index (χ1v) is 24.5. The number of carbonyl (C=O) groups excluding carboxylic acids is 5. The van der Waals surface area contributed by atoms with Crippen molar-refractivity contribution in [2.24, 2.45) is 5.73 Å². The lowest BCUT2D eigenvalue weighted by Gasteiger charge is -2.39. The predicted octanol–water partition coefficient (Wildman–Crippen LogP) is 12.0. The molecule has 0 saturated heterocycles. The summed E-state index contributed by atoms with van der Waals surface area (Å²) in [6, 6.07) is 9.38. The third kappa shape index (κ3) is 12.9. The minimum absolute atomic E-state index is 0.240. The van der Waals surface area contributed by atoms with Crippen molar-refractivity contribution in [2.75, 3.05) is 20.1 Å². The first-order chi connectivity index (χ1) is 29.6. The van der Waals surface area contributed by atoms with Gasteiger partial charge in [0.1, 0.15) is 0 Å². The Labute approximate surface area is 368 Å². The highest BCUT2D eigenvalue weighted by molar-refractivity contribution is 6.24. The van der Waals surface area contributed by atoms with Crippen LogP contribution in [0, 0.1) is 0 Å². The zero-order chi connectivity index (χ0) is 44.3. The summed E-state index contributed by atoms with van der Waals surface area (Å²) in [6.45, 7) is 9.80. The lowest BCUT2D eigenvalue weighted by Crippen LogP contribution is -2.51. The van der Waals surface area contributed by atoms with Crippen LogP contribution in [0.15, 0.2) is 36.4 Å². The summed E-state index contributed by atoms with van der Waals surface area (Å²) in [7, 11) is 2.09. The van der Waals surface area contributed by atoms with Gasteiger partial charge in [0.25, 0.3) is 23.6 Å². The van der Waals surface area contributed by atoms with E-state index in [9.17, 15) is 24.0 Å². The molecule has 2 aliphatic heterocycles. The maximum absolute atomic E-state index is 14.0. The van der Waals surface area contributed by atoms with Gasteiger partial charge in [0.2, 0.25) is 0 Å². The highest BCUT2D eigenvalue weighted by Gasteiger charge is 2.47. The number of fused-ring (bicyclic) bond motifs is 2. The van der Waals surface area contributed by atoms with Gasteiger partial charge in [-0.25, -0.2) is 0 Å². The second-order valence-corrected chi connectivity index (χ2v) is 18.1. The van der Waals surface area contributed by atoms with Crippen LogP contribution < -0.4 is 11.1 Å². The van der Waals surface area contributed by atoms with Crippen LogP contribution in [-0.4, -0.2) is 70.4 Å². The van der Waals surface area contributed by atoms with Crippen molar-refractivity contribution in [1.29, 1.82) is 0 Å². The maximum Gasteiger partial charge on any atom is 0.262 e. The third-order valence-electron chi connectivity index (χ3n) is 14.4. The number of imide groups is 2. The summed E-state index contributed by atoms with van der Waals surface area (Å²) >= 11 is 0. The average Bonchev–Trinajstić information content (AvgIpc) is 3.68. The third-order valence-corrected chi connectivity index (χ3v) is 14.4. The lowest BCUT2D eigenvalue weighted by molar-refractivity contribution is 0.0368. The van der Waals surface area contributed by atoms with E-state index in [1.165, 1.54) is 118 Å². The summed E-state index contributed by atoms with van der Waals surface area (Å²) in [6.07, 6.45) is 29.0. The molecule has 9 nitrogen and oxygen atoms in total. The first kappa shape index (κ1) is 50.0. The molecule has 0 unspecified atom stereocenters. The standard InChI is InChI=1S/C52H80N4O5/c1-6-51(7-2,54-5)34-26-22-18-14-11-13-17-21-25-29-37-55-47(58)42-32-30-40(38-44(42)48(55)59)46(57)41-31-33-43-45(39-41)50(61)56(49(43)60)52(8-3,9-4)35-27-23-19-15-10-12-16-20-24-28-36-53/h30-33,38-39,54H,6-29,34-37,53H2,1-5H3. The summed E-state index contributed by atoms with van der Waals surface area (Å²) in [4.78, 5) is 71.2. The monoisotopic (exact) mass is 841 g/mol. The van der Waals surface area contributed by atoms with Gasteiger partial charge in [-0.2, -0.15) is 0 Å². The van der Waals surface area contributed by atoms with Crippen molar-refractivity contribution in [2.45, 2.75) is 206 Å². The van der Waals surface area contributed by atoms with Gasteiger partial charge in [0.05, 0.1) is 27.8 Å². The number of nitrogens with one attached hydrogen (secondary N) is 1.